The standard InChI is InChI=1S/C14H17N3OS2/c1-10(7-11-3-5-19-9-11)15-8-12-13(18-2)16-14-17(12)4-6-20-14/h3-6,9-10,15H,7-8H2,1-2H3. The van der Waals surface area contributed by atoms with Crippen LogP contribution in [0.2, 0.25) is 0 Å². The van der Waals surface area contributed by atoms with E-state index in [-0.39, 0.29) is 0 Å². The molecule has 3 heterocycles. The zero-order valence-electron chi connectivity index (χ0n) is 11.5. The smallest absolute Gasteiger partial charge is 0.237 e. The molecule has 0 aliphatic rings. The Morgan fingerprint density at radius 1 is 1.45 bits per heavy atom. The SMILES string of the molecule is COc1nc2sccn2c1CNC(C)Cc1ccsc1. The van der Waals surface area contributed by atoms with Crippen molar-refractivity contribution in [3.63, 3.8) is 0 Å². The average Bonchev–Trinajstić information content (AvgIpc) is 3.12. The number of aromatic nitrogens is 2. The third-order valence-electron chi connectivity index (χ3n) is 3.26. The summed E-state index contributed by atoms with van der Waals surface area (Å²) in [4.78, 5) is 5.44. The summed E-state index contributed by atoms with van der Waals surface area (Å²) in [6.45, 7) is 2.96. The Kier molecular flexibility index (Phi) is 4.05. The van der Waals surface area contributed by atoms with Gasteiger partial charge in [0.05, 0.1) is 7.11 Å². The molecular weight excluding hydrogens is 290 g/mol. The van der Waals surface area contributed by atoms with E-state index >= 15 is 0 Å². The lowest BCUT2D eigenvalue weighted by Crippen LogP contribution is -2.28. The summed E-state index contributed by atoms with van der Waals surface area (Å²) < 4.78 is 7.45. The topological polar surface area (TPSA) is 38.6 Å². The minimum absolute atomic E-state index is 0.415. The molecule has 6 heteroatoms. The second-order valence-electron chi connectivity index (χ2n) is 4.74. The van der Waals surface area contributed by atoms with Crippen molar-refractivity contribution >= 4 is 27.6 Å². The highest BCUT2D eigenvalue weighted by molar-refractivity contribution is 7.15. The maximum absolute atomic E-state index is 5.36. The van der Waals surface area contributed by atoms with E-state index in [2.05, 4.69) is 38.5 Å². The summed E-state index contributed by atoms with van der Waals surface area (Å²) in [5.41, 5.74) is 2.47. The van der Waals surface area contributed by atoms with Crippen LogP contribution in [0.15, 0.2) is 28.4 Å². The lowest BCUT2D eigenvalue weighted by Gasteiger charge is -2.13. The fourth-order valence-electron chi connectivity index (χ4n) is 2.24. The van der Waals surface area contributed by atoms with Crippen molar-refractivity contribution in [2.45, 2.75) is 25.9 Å². The first-order chi connectivity index (χ1) is 9.78. The van der Waals surface area contributed by atoms with Crippen LogP contribution < -0.4 is 10.1 Å². The summed E-state index contributed by atoms with van der Waals surface area (Å²) in [6, 6.07) is 2.60. The zero-order valence-corrected chi connectivity index (χ0v) is 13.1. The highest BCUT2D eigenvalue weighted by Crippen LogP contribution is 2.23. The van der Waals surface area contributed by atoms with Crippen LogP contribution in [0.25, 0.3) is 4.96 Å². The van der Waals surface area contributed by atoms with Crippen molar-refractivity contribution < 1.29 is 4.74 Å². The molecule has 0 amide bonds. The van der Waals surface area contributed by atoms with Crippen molar-refractivity contribution in [2.24, 2.45) is 0 Å². The molecular formula is C14H17N3OS2. The molecule has 0 spiro atoms. The molecule has 3 aromatic rings. The second kappa shape index (κ2) is 5.95. The molecule has 1 unspecified atom stereocenters. The van der Waals surface area contributed by atoms with Gasteiger partial charge in [-0.05, 0) is 35.7 Å². The summed E-state index contributed by atoms with van der Waals surface area (Å²) in [5, 5.41) is 9.92. The van der Waals surface area contributed by atoms with Gasteiger partial charge in [-0.2, -0.15) is 16.3 Å². The average molecular weight is 307 g/mol. The summed E-state index contributed by atoms with van der Waals surface area (Å²) >= 11 is 3.37. The van der Waals surface area contributed by atoms with Crippen molar-refractivity contribution in [3.8, 4) is 5.88 Å². The van der Waals surface area contributed by atoms with Crippen LogP contribution in [0.5, 0.6) is 5.88 Å². The molecule has 0 aromatic carbocycles. The minimum atomic E-state index is 0.415. The van der Waals surface area contributed by atoms with Crippen LogP contribution in [0.1, 0.15) is 18.2 Å². The quantitative estimate of drug-likeness (QED) is 0.760. The summed E-state index contributed by atoms with van der Waals surface area (Å²) in [7, 11) is 1.67. The molecule has 0 aliphatic heterocycles. The lowest BCUT2D eigenvalue weighted by atomic mass is 10.1. The molecule has 0 bridgehead atoms. The molecule has 0 fully saturated rings. The van der Waals surface area contributed by atoms with E-state index in [0.29, 0.717) is 11.9 Å². The fourth-order valence-corrected chi connectivity index (χ4v) is 3.65. The molecule has 0 saturated heterocycles. The van der Waals surface area contributed by atoms with Crippen LogP contribution in [0, 0.1) is 0 Å². The number of thiophene rings is 1. The first kappa shape index (κ1) is 13.6. The Morgan fingerprint density at radius 3 is 3.10 bits per heavy atom. The van der Waals surface area contributed by atoms with Gasteiger partial charge in [0.25, 0.3) is 0 Å². The predicted molar refractivity (Wildman–Crippen MR) is 83.9 cm³/mol. The maximum atomic E-state index is 5.36. The molecule has 0 aliphatic carbocycles. The molecule has 0 radical (unpaired) electrons. The van der Waals surface area contributed by atoms with Crippen LogP contribution in [-0.4, -0.2) is 22.5 Å². The van der Waals surface area contributed by atoms with Crippen molar-refractivity contribution in [1.29, 1.82) is 0 Å². The molecule has 1 atom stereocenters. The van der Waals surface area contributed by atoms with Gasteiger partial charge in [0, 0.05) is 24.2 Å². The van der Waals surface area contributed by atoms with Gasteiger partial charge in [-0.15, -0.1) is 11.3 Å². The highest BCUT2D eigenvalue weighted by Gasteiger charge is 2.14. The Morgan fingerprint density at radius 2 is 2.35 bits per heavy atom. The predicted octanol–water partition coefficient (Wildman–Crippen LogP) is 3.19. The number of ether oxygens (including phenoxy) is 1. The van der Waals surface area contributed by atoms with Crippen molar-refractivity contribution in [1.82, 2.24) is 14.7 Å². The van der Waals surface area contributed by atoms with Gasteiger partial charge in [0.15, 0.2) is 4.96 Å². The first-order valence-electron chi connectivity index (χ1n) is 6.51. The molecule has 1 N–H and O–H groups in total. The number of fused-ring (bicyclic) bond motifs is 1. The fraction of sp³-hybridized carbons (Fsp3) is 0.357. The number of hydrogen-bond donors (Lipinski definition) is 1. The van der Waals surface area contributed by atoms with Gasteiger partial charge in [0.2, 0.25) is 5.88 Å². The van der Waals surface area contributed by atoms with E-state index in [1.165, 1.54) is 5.56 Å². The van der Waals surface area contributed by atoms with Crippen LogP contribution in [-0.2, 0) is 13.0 Å². The van der Waals surface area contributed by atoms with Gasteiger partial charge >= 0.3 is 0 Å². The Labute approximate surface area is 126 Å². The number of nitrogens with one attached hydrogen (secondary N) is 1. The zero-order chi connectivity index (χ0) is 13.9. The van der Waals surface area contributed by atoms with Gasteiger partial charge in [-0.3, -0.25) is 4.40 Å². The third-order valence-corrected chi connectivity index (χ3v) is 4.75. The molecule has 3 aromatic heterocycles. The first-order valence-corrected chi connectivity index (χ1v) is 8.33. The van der Waals surface area contributed by atoms with E-state index < -0.39 is 0 Å². The number of imidazole rings is 1. The number of nitrogens with zero attached hydrogens (tertiary/aromatic N) is 2. The Bertz CT molecular complexity index is 672. The molecule has 20 heavy (non-hydrogen) atoms. The molecule has 106 valence electrons. The number of rotatable bonds is 6. The van der Waals surface area contributed by atoms with Gasteiger partial charge in [-0.25, -0.2) is 0 Å². The number of thiazole rings is 1. The van der Waals surface area contributed by atoms with Gasteiger partial charge in [0.1, 0.15) is 5.69 Å². The van der Waals surface area contributed by atoms with Crippen LogP contribution in [0.4, 0.5) is 0 Å². The molecule has 0 saturated carbocycles. The van der Waals surface area contributed by atoms with Crippen LogP contribution in [0.3, 0.4) is 0 Å². The van der Waals surface area contributed by atoms with E-state index in [0.717, 1.165) is 23.6 Å². The lowest BCUT2D eigenvalue weighted by molar-refractivity contribution is 0.391. The largest absolute Gasteiger partial charge is 0.480 e. The van der Waals surface area contributed by atoms with E-state index in [1.54, 1.807) is 29.8 Å². The molecule has 3 rings (SSSR count). The second-order valence-corrected chi connectivity index (χ2v) is 6.39. The van der Waals surface area contributed by atoms with Crippen molar-refractivity contribution in [2.75, 3.05) is 7.11 Å². The highest BCUT2D eigenvalue weighted by atomic mass is 32.1. The van der Waals surface area contributed by atoms with Gasteiger partial charge < -0.3 is 10.1 Å². The minimum Gasteiger partial charge on any atom is -0.480 e. The maximum Gasteiger partial charge on any atom is 0.237 e. The van der Waals surface area contributed by atoms with Crippen molar-refractivity contribution in [3.05, 3.63) is 39.7 Å². The van der Waals surface area contributed by atoms with E-state index in [1.807, 2.05) is 11.6 Å². The van der Waals surface area contributed by atoms with Gasteiger partial charge in [-0.1, -0.05) is 0 Å². The molecule has 4 nitrogen and oxygen atoms in total. The Hall–Kier alpha value is -1.37. The summed E-state index contributed by atoms with van der Waals surface area (Å²) in [6.07, 6.45) is 3.08. The Balaban J connectivity index is 1.68. The monoisotopic (exact) mass is 307 g/mol. The summed E-state index contributed by atoms with van der Waals surface area (Å²) in [5.74, 6) is 0.715. The third kappa shape index (κ3) is 2.72. The van der Waals surface area contributed by atoms with E-state index in [9.17, 15) is 0 Å². The van der Waals surface area contributed by atoms with Crippen LogP contribution >= 0.6 is 22.7 Å². The number of methoxy groups -OCH3 is 1. The number of hydrogen-bond acceptors (Lipinski definition) is 5. The van der Waals surface area contributed by atoms with E-state index in [4.69, 9.17) is 4.74 Å². The normalized spacial score (nSPS) is 12.9.